The number of anilines is 1. The van der Waals surface area contributed by atoms with E-state index in [4.69, 9.17) is 11.5 Å². The number of benzene rings is 1. The summed E-state index contributed by atoms with van der Waals surface area (Å²) in [5, 5.41) is 3.84. The van der Waals surface area contributed by atoms with Crippen LogP contribution in [0, 0.1) is 0 Å². The van der Waals surface area contributed by atoms with Crippen molar-refractivity contribution in [1.82, 2.24) is 0 Å². The van der Waals surface area contributed by atoms with Crippen LogP contribution in [0.25, 0.3) is 0 Å². The van der Waals surface area contributed by atoms with E-state index < -0.39 is 11.8 Å². The predicted octanol–water partition coefficient (Wildman–Crippen LogP) is 1.19. The van der Waals surface area contributed by atoms with Crippen LogP contribution in [-0.4, -0.2) is 28.9 Å². The molecule has 1 aromatic carbocycles. The van der Waals surface area contributed by atoms with Crippen LogP contribution in [-0.2, 0) is 0 Å². The minimum atomic E-state index is -0.569. The molecule has 5 nitrogen and oxygen atoms in total. The molecule has 5 N–H and O–H groups in total. The second-order valence-corrected chi connectivity index (χ2v) is 6.13. The summed E-state index contributed by atoms with van der Waals surface area (Å²) in [4.78, 5) is 22.5. The molecule has 6 heteroatoms. The summed E-state index contributed by atoms with van der Waals surface area (Å²) in [5.41, 5.74) is 11.8. The Morgan fingerprint density at radius 2 is 1.79 bits per heavy atom. The number of primary amides is 2. The van der Waals surface area contributed by atoms with Crippen LogP contribution in [0.1, 0.15) is 34.1 Å². The lowest BCUT2D eigenvalue weighted by Crippen LogP contribution is -2.25. The van der Waals surface area contributed by atoms with E-state index in [9.17, 15) is 9.59 Å². The summed E-state index contributed by atoms with van der Waals surface area (Å²) in [7, 11) is 0. The quantitative estimate of drug-likeness (QED) is 0.771. The Hall–Kier alpha value is -1.69. The molecule has 0 saturated carbocycles. The number of hydrogen-bond acceptors (Lipinski definition) is 4. The number of hydrogen-bond donors (Lipinski definition) is 3. The van der Waals surface area contributed by atoms with Gasteiger partial charge in [0.1, 0.15) is 0 Å². The predicted molar refractivity (Wildman–Crippen MR) is 77.4 cm³/mol. The number of nitrogens with two attached hydrogens (primary N) is 2. The topological polar surface area (TPSA) is 98.2 Å². The molecule has 2 atom stereocenters. The SMILES string of the molecule is CC1SCCC1Nc1cc(C(N)=O)cc(C(N)=O)c1. The molecule has 1 aromatic rings. The molecule has 102 valence electrons. The zero-order chi connectivity index (χ0) is 14.0. The van der Waals surface area contributed by atoms with Crippen molar-refractivity contribution in [1.29, 1.82) is 0 Å². The normalized spacial score (nSPS) is 22.2. The van der Waals surface area contributed by atoms with Gasteiger partial charge in [-0.25, -0.2) is 0 Å². The van der Waals surface area contributed by atoms with E-state index in [-0.39, 0.29) is 11.1 Å². The van der Waals surface area contributed by atoms with Crippen LogP contribution in [0.15, 0.2) is 18.2 Å². The summed E-state index contributed by atoms with van der Waals surface area (Å²) >= 11 is 1.90. The fourth-order valence-corrected chi connectivity index (χ4v) is 3.33. The van der Waals surface area contributed by atoms with Crippen molar-refractivity contribution in [3.05, 3.63) is 29.3 Å². The van der Waals surface area contributed by atoms with Crippen molar-refractivity contribution in [2.45, 2.75) is 24.6 Å². The van der Waals surface area contributed by atoms with Crippen molar-refractivity contribution < 1.29 is 9.59 Å². The first kappa shape index (κ1) is 13.7. The van der Waals surface area contributed by atoms with E-state index in [1.807, 2.05) is 11.8 Å². The third kappa shape index (κ3) is 3.20. The molecule has 19 heavy (non-hydrogen) atoms. The first-order valence-electron chi connectivity index (χ1n) is 6.10. The third-order valence-electron chi connectivity index (χ3n) is 3.23. The van der Waals surface area contributed by atoms with Crippen LogP contribution in [0.2, 0.25) is 0 Å². The van der Waals surface area contributed by atoms with Crippen molar-refractivity contribution in [2.24, 2.45) is 11.5 Å². The fourth-order valence-electron chi connectivity index (χ4n) is 2.13. The number of thioether (sulfide) groups is 1. The standard InChI is InChI=1S/C13H17N3O2S/c1-7-11(2-3-19-7)16-10-5-8(12(14)17)4-9(6-10)13(15)18/h4-7,11,16H,2-3H2,1H3,(H2,14,17)(H2,15,18). The van der Waals surface area contributed by atoms with Gasteiger partial charge in [-0.3, -0.25) is 9.59 Å². The Morgan fingerprint density at radius 3 is 2.21 bits per heavy atom. The highest BCUT2D eigenvalue weighted by molar-refractivity contribution is 8.00. The molecular formula is C13H17N3O2S. The Labute approximate surface area is 116 Å². The van der Waals surface area contributed by atoms with E-state index in [1.54, 1.807) is 12.1 Å². The molecular weight excluding hydrogens is 262 g/mol. The van der Waals surface area contributed by atoms with Crippen LogP contribution < -0.4 is 16.8 Å². The van der Waals surface area contributed by atoms with Crippen molar-refractivity contribution in [3.8, 4) is 0 Å². The molecule has 1 aliphatic rings. The third-order valence-corrected chi connectivity index (χ3v) is 4.56. The van der Waals surface area contributed by atoms with Gasteiger partial charge >= 0.3 is 0 Å². The maximum absolute atomic E-state index is 11.3. The van der Waals surface area contributed by atoms with Gasteiger partial charge in [0.25, 0.3) is 0 Å². The minimum absolute atomic E-state index is 0.289. The van der Waals surface area contributed by atoms with Crippen LogP contribution in [0.4, 0.5) is 5.69 Å². The van der Waals surface area contributed by atoms with E-state index >= 15 is 0 Å². The summed E-state index contributed by atoms with van der Waals surface area (Å²) in [6, 6.07) is 5.06. The maximum Gasteiger partial charge on any atom is 0.248 e. The zero-order valence-electron chi connectivity index (χ0n) is 10.7. The number of nitrogens with one attached hydrogen (secondary N) is 1. The lowest BCUT2D eigenvalue weighted by molar-refractivity contribution is 0.0999. The molecule has 1 saturated heterocycles. The summed E-state index contributed by atoms with van der Waals surface area (Å²) in [6.07, 6.45) is 1.05. The summed E-state index contributed by atoms with van der Waals surface area (Å²) in [6.45, 7) is 2.16. The Kier molecular flexibility index (Phi) is 3.99. The molecule has 0 spiro atoms. The fraction of sp³-hybridized carbons (Fsp3) is 0.385. The minimum Gasteiger partial charge on any atom is -0.381 e. The lowest BCUT2D eigenvalue weighted by atomic mass is 10.1. The van der Waals surface area contributed by atoms with Gasteiger partial charge < -0.3 is 16.8 Å². The monoisotopic (exact) mass is 279 g/mol. The molecule has 1 heterocycles. The highest BCUT2D eigenvalue weighted by atomic mass is 32.2. The van der Waals surface area contributed by atoms with Gasteiger partial charge in [-0.2, -0.15) is 11.8 Å². The molecule has 2 amide bonds. The van der Waals surface area contributed by atoms with Crippen LogP contribution in [0.5, 0.6) is 0 Å². The second kappa shape index (κ2) is 5.52. The number of carbonyl (C=O) groups excluding carboxylic acids is 2. The second-order valence-electron chi connectivity index (χ2n) is 4.64. The number of carbonyl (C=O) groups is 2. The van der Waals surface area contributed by atoms with Gasteiger partial charge in [0.15, 0.2) is 0 Å². The maximum atomic E-state index is 11.3. The van der Waals surface area contributed by atoms with Gasteiger partial charge in [0.05, 0.1) is 0 Å². The average Bonchev–Trinajstić information content (AvgIpc) is 2.74. The molecule has 1 aliphatic heterocycles. The Morgan fingerprint density at radius 1 is 1.21 bits per heavy atom. The van der Waals surface area contributed by atoms with E-state index in [0.717, 1.165) is 12.2 Å². The van der Waals surface area contributed by atoms with Crippen molar-refractivity contribution in [3.63, 3.8) is 0 Å². The lowest BCUT2D eigenvalue weighted by Gasteiger charge is -2.18. The van der Waals surface area contributed by atoms with Gasteiger partial charge in [-0.05, 0) is 30.4 Å². The average molecular weight is 279 g/mol. The number of amides is 2. The summed E-state index contributed by atoms with van der Waals surface area (Å²) in [5.74, 6) is -0.0307. The molecule has 2 unspecified atom stereocenters. The van der Waals surface area contributed by atoms with Crippen LogP contribution >= 0.6 is 11.8 Å². The molecule has 0 radical (unpaired) electrons. The Bertz CT molecular complexity index is 486. The van der Waals surface area contributed by atoms with Crippen molar-refractivity contribution >= 4 is 29.3 Å². The Balaban J connectivity index is 2.28. The molecule has 1 fully saturated rings. The molecule has 0 aliphatic carbocycles. The number of rotatable bonds is 4. The van der Waals surface area contributed by atoms with E-state index in [0.29, 0.717) is 17.0 Å². The molecule has 0 aromatic heterocycles. The van der Waals surface area contributed by atoms with E-state index in [1.165, 1.54) is 6.07 Å². The van der Waals surface area contributed by atoms with Gasteiger partial charge in [0, 0.05) is 28.1 Å². The highest BCUT2D eigenvalue weighted by Gasteiger charge is 2.24. The van der Waals surface area contributed by atoms with E-state index in [2.05, 4.69) is 12.2 Å². The highest BCUT2D eigenvalue weighted by Crippen LogP contribution is 2.29. The van der Waals surface area contributed by atoms with Gasteiger partial charge in [-0.15, -0.1) is 0 Å². The largest absolute Gasteiger partial charge is 0.381 e. The molecule has 0 bridgehead atoms. The van der Waals surface area contributed by atoms with Crippen LogP contribution in [0.3, 0.4) is 0 Å². The molecule has 2 rings (SSSR count). The zero-order valence-corrected chi connectivity index (χ0v) is 11.5. The first-order valence-corrected chi connectivity index (χ1v) is 7.15. The van der Waals surface area contributed by atoms with Crippen molar-refractivity contribution in [2.75, 3.05) is 11.1 Å². The van der Waals surface area contributed by atoms with Gasteiger partial charge in [-0.1, -0.05) is 6.92 Å². The van der Waals surface area contributed by atoms with Gasteiger partial charge in [0.2, 0.25) is 11.8 Å². The first-order chi connectivity index (χ1) is 8.97. The summed E-state index contributed by atoms with van der Waals surface area (Å²) < 4.78 is 0. The smallest absolute Gasteiger partial charge is 0.248 e.